The lowest BCUT2D eigenvalue weighted by Crippen LogP contribution is -2.26. The van der Waals surface area contributed by atoms with E-state index in [4.69, 9.17) is 4.74 Å². The summed E-state index contributed by atoms with van der Waals surface area (Å²) in [5.41, 5.74) is 0.955. The fraction of sp³-hybridized carbons (Fsp3) is 0.400. The predicted molar refractivity (Wildman–Crippen MR) is 93.9 cm³/mol. The van der Waals surface area contributed by atoms with E-state index in [1.165, 1.54) is 35.2 Å². The van der Waals surface area contributed by atoms with Crippen molar-refractivity contribution in [2.24, 2.45) is 0 Å². The molecule has 0 aliphatic rings. The lowest BCUT2D eigenvalue weighted by molar-refractivity contribution is -0.118. The number of nitrogens with one attached hydrogen (secondary N) is 2. The van der Waals surface area contributed by atoms with Crippen molar-refractivity contribution in [2.75, 3.05) is 31.3 Å². The molecule has 0 radical (unpaired) electrons. The van der Waals surface area contributed by atoms with Crippen LogP contribution in [0.1, 0.15) is 12.0 Å². The Morgan fingerprint density at radius 1 is 1.33 bits per heavy atom. The van der Waals surface area contributed by atoms with E-state index in [2.05, 4.69) is 20.8 Å². The van der Waals surface area contributed by atoms with Crippen molar-refractivity contribution in [2.45, 2.75) is 17.3 Å². The molecule has 0 bridgehead atoms. The third kappa shape index (κ3) is 6.81. The lowest BCUT2D eigenvalue weighted by Gasteiger charge is -2.03. The quantitative estimate of drug-likeness (QED) is 0.494. The van der Waals surface area contributed by atoms with Gasteiger partial charge < -0.3 is 15.4 Å². The van der Waals surface area contributed by atoms with Crippen molar-refractivity contribution >= 4 is 34.1 Å². The van der Waals surface area contributed by atoms with E-state index in [0.29, 0.717) is 30.6 Å². The minimum Gasteiger partial charge on any atom is -0.385 e. The maximum absolute atomic E-state index is 12.8. The van der Waals surface area contributed by atoms with Gasteiger partial charge in [0.1, 0.15) is 5.82 Å². The van der Waals surface area contributed by atoms with Gasteiger partial charge in [-0.15, -0.1) is 10.2 Å². The largest absolute Gasteiger partial charge is 0.385 e. The summed E-state index contributed by atoms with van der Waals surface area (Å²) in [6.07, 6.45) is 0.795. The monoisotopic (exact) mass is 370 g/mol. The maximum Gasteiger partial charge on any atom is 0.230 e. The maximum atomic E-state index is 12.8. The number of carbonyl (C=O) groups is 1. The lowest BCUT2D eigenvalue weighted by atomic mass is 10.2. The Kier molecular flexibility index (Phi) is 7.93. The Morgan fingerprint density at radius 2 is 2.12 bits per heavy atom. The van der Waals surface area contributed by atoms with Gasteiger partial charge in [-0.25, -0.2) is 4.39 Å². The fourth-order valence-corrected chi connectivity index (χ4v) is 3.32. The summed E-state index contributed by atoms with van der Waals surface area (Å²) in [5.74, 6) is 0.0144. The minimum absolute atomic E-state index is 0.0351. The number of anilines is 1. The van der Waals surface area contributed by atoms with Crippen molar-refractivity contribution in [3.05, 3.63) is 35.6 Å². The zero-order valence-electron chi connectivity index (χ0n) is 13.3. The van der Waals surface area contributed by atoms with E-state index in [1.807, 2.05) is 0 Å². The van der Waals surface area contributed by atoms with Crippen molar-refractivity contribution in [1.82, 2.24) is 15.5 Å². The number of ether oxygens (including phenoxy) is 1. The van der Waals surface area contributed by atoms with Gasteiger partial charge in [-0.3, -0.25) is 4.79 Å². The second-order valence-electron chi connectivity index (χ2n) is 4.84. The van der Waals surface area contributed by atoms with Crippen molar-refractivity contribution in [3.8, 4) is 0 Å². The number of carbonyl (C=O) groups excluding carboxylic acids is 1. The molecule has 2 aromatic rings. The Bertz CT molecular complexity index is 637. The molecule has 0 saturated carbocycles. The highest BCUT2D eigenvalue weighted by Crippen LogP contribution is 2.25. The van der Waals surface area contributed by atoms with E-state index in [-0.39, 0.29) is 11.7 Å². The molecule has 0 spiro atoms. The molecule has 1 heterocycles. The Hall–Kier alpha value is -1.71. The van der Waals surface area contributed by atoms with E-state index in [9.17, 15) is 9.18 Å². The van der Waals surface area contributed by atoms with E-state index >= 15 is 0 Å². The second-order valence-corrected chi connectivity index (χ2v) is 7.04. The Labute approximate surface area is 148 Å². The summed E-state index contributed by atoms with van der Waals surface area (Å²) in [7, 11) is 1.63. The van der Waals surface area contributed by atoms with E-state index < -0.39 is 0 Å². The predicted octanol–water partition coefficient (Wildman–Crippen LogP) is 2.53. The third-order valence-corrected chi connectivity index (χ3v) is 4.95. The molecule has 1 aromatic heterocycles. The van der Waals surface area contributed by atoms with Crippen molar-refractivity contribution < 1.29 is 13.9 Å². The molecule has 2 rings (SSSR count). The Balaban J connectivity index is 1.68. The zero-order valence-corrected chi connectivity index (χ0v) is 14.9. The number of hydrogen-bond acceptors (Lipinski definition) is 7. The van der Waals surface area contributed by atoms with Crippen LogP contribution < -0.4 is 10.6 Å². The van der Waals surface area contributed by atoms with Crippen LogP contribution in [0, 0.1) is 5.82 Å². The van der Waals surface area contributed by atoms with Gasteiger partial charge in [0, 0.05) is 26.8 Å². The summed E-state index contributed by atoms with van der Waals surface area (Å²) in [4.78, 5) is 11.7. The molecule has 0 unspecified atom stereocenters. The smallest absolute Gasteiger partial charge is 0.230 e. The van der Waals surface area contributed by atoms with E-state index in [1.54, 1.807) is 19.2 Å². The molecule has 130 valence electrons. The number of halogens is 1. The molecule has 0 aliphatic carbocycles. The van der Waals surface area contributed by atoms with Gasteiger partial charge in [0.05, 0.1) is 5.75 Å². The topological polar surface area (TPSA) is 76.1 Å². The van der Waals surface area contributed by atoms with Gasteiger partial charge in [0.15, 0.2) is 4.34 Å². The van der Waals surface area contributed by atoms with Crippen LogP contribution >= 0.6 is 23.1 Å². The molecule has 9 heteroatoms. The average Bonchev–Trinajstić information content (AvgIpc) is 3.04. The van der Waals surface area contributed by atoms with Gasteiger partial charge in [0.25, 0.3) is 0 Å². The van der Waals surface area contributed by atoms with Crippen LogP contribution in [-0.2, 0) is 16.1 Å². The van der Waals surface area contributed by atoms with Gasteiger partial charge >= 0.3 is 0 Å². The summed E-state index contributed by atoms with van der Waals surface area (Å²) < 4.78 is 18.5. The van der Waals surface area contributed by atoms with E-state index in [0.717, 1.165) is 16.3 Å². The number of methoxy groups -OCH3 is 1. The van der Waals surface area contributed by atoms with Gasteiger partial charge in [-0.2, -0.15) is 0 Å². The molecule has 24 heavy (non-hydrogen) atoms. The first-order chi connectivity index (χ1) is 11.7. The number of aromatic nitrogens is 2. The van der Waals surface area contributed by atoms with Crippen molar-refractivity contribution in [1.29, 1.82) is 0 Å². The van der Waals surface area contributed by atoms with Crippen LogP contribution in [0.15, 0.2) is 28.6 Å². The molecular weight excluding hydrogens is 351 g/mol. The SMILES string of the molecule is COCCCNC(=O)CSc1nnc(NCc2ccc(F)cc2)s1. The number of nitrogens with zero attached hydrogens (tertiary/aromatic N) is 2. The molecule has 0 fully saturated rings. The minimum atomic E-state index is -0.256. The Morgan fingerprint density at radius 3 is 2.88 bits per heavy atom. The number of rotatable bonds is 10. The highest BCUT2D eigenvalue weighted by Gasteiger charge is 2.08. The number of amides is 1. The molecule has 6 nitrogen and oxygen atoms in total. The number of benzene rings is 1. The summed E-state index contributed by atoms with van der Waals surface area (Å²) in [6.45, 7) is 1.78. The fourth-order valence-electron chi connectivity index (χ4n) is 1.74. The standard InChI is InChI=1S/C15H19FN4O2S2/c1-22-8-2-7-17-13(21)10-23-15-20-19-14(24-15)18-9-11-3-5-12(16)6-4-11/h3-6H,2,7-10H2,1H3,(H,17,21)(H,18,19). The first-order valence-electron chi connectivity index (χ1n) is 7.37. The van der Waals surface area contributed by atoms with Gasteiger partial charge in [-0.05, 0) is 24.1 Å². The number of thioether (sulfide) groups is 1. The molecule has 0 saturated heterocycles. The second kappa shape index (κ2) is 10.2. The van der Waals surface area contributed by atoms with Crippen LogP contribution in [-0.4, -0.2) is 42.1 Å². The summed E-state index contributed by atoms with van der Waals surface area (Å²) >= 11 is 2.73. The highest BCUT2D eigenvalue weighted by atomic mass is 32.2. The van der Waals surface area contributed by atoms with Crippen molar-refractivity contribution in [3.63, 3.8) is 0 Å². The summed E-state index contributed by atoms with van der Waals surface area (Å²) in [6, 6.07) is 6.27. The van der Waals surface area contributed by atoms with Gasteiger partial charge in [0.2, 0.25) is 11.0 Å². The van der Waals surface area contributed by atoms with Crippen LogP contribution in [0.5, 0.6) is 0 Å². The average molecular weight is 370 g/mol. The molecule has 2 N–H and O–H groups in total. The summed E-state index contributed by atoms with van der Waals surface area (Å²) in [5, 5.41) is 14.7. The molecule has 1 amide bonds. The first kappa shape index (κ1) is 18.6. The molecule has 0 atom stereocenters. The normalized spacial score (nSPS) is 10.6. The van der Waals surface area contributed by atoms with Gasteiger partial charge in [-0.1, -0.05) is 35.2 Å². The highest BCUT2D eigenvalue weighted by molar-refractivity contribution is 8.01. The molecular formula is C15H19FN4O2S2. The molecule has 0 aliphatic heterocycles. The first-order valence-corrected chi connectivity index (χ1v) is 9.18. The van der Waals surface area contributed by atoms with Crippen LogP contribution in [0.25, 0.3) is 0 Å². The zero-order chi connectivity index (χ0) is 17.2. The number of hydrogen-bond donors (Lipinski definition) is 2. The van der Waals surface area contributed by atoms with Crippen LogP contribution in [0.2, 0.25) is 0 Å². The van der Waals surface area contributed by atoms with Crippen LogP contribution in [0.4, 0.5) is 9.52 Å². The third-order valence-electron chi connectivity index (χ3n) is 2.94. The van der Waals surface area contributed by atoms with Crippen LogP contribution in [0.3, 0.4) is 0 Å². The molecule has 1 aromatic carbocycles.